The molecule has 1 unspecified atom stereocenters. The van der Waals surface area contributed by atoms with E-state index >= 15 is 0 Å². The van der Waals surface area contributed by atoms with E-state index < -0.39 is 0 Å². The number of nitrogens with zero attached hydrogens (tertiary/aromatic N) is 2. The van der Waals surface area contributed by atoms with Gasteiger partial charge in [-0.05, 0) is 12.1 Å². The zero-order valence-electron chi connectivity index (χ0n) is 11.0. The Morgan fingerprint density at radius 3 is 3.20 bits per heavy atom. The van der Waals surface area contributed by atoms with Gasteiger partial charge in [0.15, 0.2) is 0 Å². The quantitative estimate of drug-likeness (QED) is 0.874. The minimum atomic E-state index is 0.237. The summed E-state index contributed by atoms with van der Waals surface area (Å²) in [6, 6.07) is 5.64. The number of benzene rings is 1. The molecule has 1 atom stereocenters. The SMILES string of the molecule is Clc1ncnc2cc(OCCC3CNCCO3)ccc12. The van der Waals surface area contributed by atoms with Crippen molar-refractivity contribution in [2.24, 2.45) is 0 Å². The Morgan fingerprint density at radius 1 is 1.40 bits per heavy atom. The Balaban J connectivity index is 1.60. The van der Waals surface area contributed by atoms with Crippen LogP contribution in [0.5, 0.6) is 5.75 Å². The predicted octanol–water partition coefficient (Wildman–Crippen LogP) is 2.04. The molecular formula is C14H16ClN3O2. The van der Waals surface area contributed by atoms with Gasteiger partial charge < -0.3 is 14.8 Å². The van der Waals surface area contributed by atoms with Crippen LogP contribution in [-0.2, 0) is 4.74 Å². The van der Waals surface area contributed by atoms with Gasteiger partial charge in [0.05, 0.1) is 24.8 Å². The number of ether oxygens (including phenoxy) is 2. The van der Waals surface area contributed by atoms with Gasteiger partial charge in [0.25, 0.3) is 0 Å². The lowest BCUT2D eigenvalue weighted by molar-refractivity contribution is 0.0159. The van der Waals surface area contributed by atoms with Gasteiger partial charge in [-0.3, -0.25) is 0 Å². The fourth-order valence-electron chi connectivity index (χ4n) is 2.21. The normalized spacial score (nSPS) is 19.1. The topological polar surface area (TPSA) is 56.3 Å². The van der Waals surface area contributed by atoms with Crippen LogP contribution in [0.3, 0.4) is 0 Å². The van der Waals surface area contributed by atoms with Crippen LogP contribution < -0.4 is 10.1 Å². The summed E-state index contributed by atoms with van der Waals surface area (Å²) < 4.78 is 11.4. The van der Waals surface area contributed by atoms with E-state index in [9.17, 15) is 0 Å². The third-order valence-electron chi connectivity index (χ3n) is 3.27. The van der Waals surface area contributed by atoms with Crippen LogP contribution >= 0.6 is 11.6 Å². The van der Waals surface area contributed by atoms with E-state index in [0.29, 0.717) is 11.8 Å². The monoisotopic (exact) mass is 293 g/mol. The van der Waals surface area contributed by atoms with E-state index in [1.54, 1.807) is 0 Å². The van der Waals surface area contributed by atoms with Crippen molar-refractivity contribution >= 4 is 22.5 Å². The lowest BCUT2D eigenvalue weighted by atomic mass is 10.2. The first-order chi connectivity index (χ1) is 9.83. The molecule has 20 heavy (non-hydrogen) atoms. The van der Waals surface area contributed by atoms with Crippen LogP contribution in [0, 0.1) is 0 Å². The van der Waals surface area contributed by atoms with Crippen LogP contribution in [0.2, 0.25) is 5.15 Å². The van der Waals surface area contributed by atoms with Crippen molar-refractivity contribution < 1.29 is 9.47 Å². The van der Waals surface area contributed by atoms with E-state index in [1.807, 2.05) is 18.2 Å². The molecule has 1 saturated heterocycles. The molecule has 0 aliphatic carbocycles. The highest BCUT2D eigenvalue weighted by Gasteiger charge is 2.13. The van der Waals surface area contributed by atoms with E-state index in [2.05, 4.69) is 15.3 Å². The third kappa shape index (κ3) is 3.17. The Morgan fingerprint density at radius 2 is 2.35 bits per heavy atom. The van der Waals surface area contributed by atoms with E-state index in [0.717, 1.165) is 42.8 Å². The van der Waals surface area contributed by atoms with Gasteiger partial charge in [-0.1, -0.05) is 11.6 Å². The summed E-state index contributed by atoms with van der Waals surface area (Å²) in [4.78, 5) is 8.14. The van der Waals surface area contributed by atoms with Crippen molar-refractivity contribution in [1.29, 1.82) is 0 Å². The van der Waals surface area contributed by atoms with Crippen molar-refractivity contribution in [2.45, 2.75) is 12.5 Å². The van der Waals surface area contributed by atoms with E-state index in [1.165, 1.54) is 6.33 Å². The molecule has 0 spiro atoms. The second-order valence-corrected chi connectivity index (χ2v) is 5.04. The van der Waals surface area contributed by atoms with Crippen molar-refractivity contribution in [2.75, 3.05) is 26.3 Å². The maximum atomic E-state index is 6.00. The molecular weight excluding hydrogens is 278 g/mol. The van der Waals surface area contributed by atoms with Crippen LogP contribution in [0.1, 0.15) is 6.42 Å². The zero-order chi connectivity index (χ0) is 13.8. The minimum absolute atomic E-state index is 0.237. The molecule has 2 heterocycles. The second kappa shape index (κ2) is 6.35. The molecule has 1 fully saturated rings. The third-order valence-corrected chi connectivity index (χ3v) is 3.57. The lowest BCUT2D eigenvalue weighted by Crippen LogP contribution is -2.39. The van der Waals surface area contributed by atoms with Gasteiger partial charge in [0.1, 0.15) is 17.2 Å². The minimum Gasteiger partial charge on any atom is -0.493 e. The molecule has 3 rings (SSSR count). The molecule has 0 radical (unpaired) electrons. The van der Waals surface area contributed by atoms with Gasteiger partial charge in [-0.25, -0.2) is 9.97 Å². The molecule has 0 saturated carbocycles. The number of morpholine rings is 1. The second-order valence-electron chi connectivity index (χ2n) is 4.68. The first-order valence-electron chi connectivity index (χ1n) is 6.68. The summed E-state index contributed by atoms with van der Waals surface area (Å²) in [5.41, 5.74) is 0.790. The standard InChI is InChI=1S/C14H16ClN3O2/c15-14-12-2-1-10(7-13(12)17-9-18-14)19-5-3-11-8-16-4-6-20-11/h1-2,7,9,11,16H,3-6,8H2. The van der Waals surface area contributed by atoms with Crippen molar-refractivity contribution in [3.05, 3.63) is 29.7 Å². The first kappa shape index (κ1) is 13.5. The van der Waals surface area contributed by atoms with Crippen molar-refractivity contribution in [3.8, 4) is 5.75 Å². The molecule has 2 aromatic rings. The molecule has 1 N–H and O–H groups in total. The highest BCUT2D eigenvalue weighted by molar-refractivity contribution is 6.34. The number of nitrogens with one attached hydrogen (secondary N) is 1. The Labute approximate surface area is 122 Å². The largest absolute Gasteiger partial charge is 0.493 e. The Kier molecular flexibility index (Phi) is 4.30. The van der Waals surface area contributed by atoms with Gasteiger partial charge in [0.2, 0.25) is 0 Å². The van der Waals surface area contributed by atoms with Crippen molar-refractivity contribution in [3.63, 3.8) is 0 Å². The summed E-state index contributed by atoms with van der Waals surface area (Å²) in [5, 5.41) is 4.60. The number of aromatic nitrogens is 2. The van der Waals surface area contributed by atoms with Crippen molar-refractivity contribution in [1.82, 2.24) is 15.3 Å². The zero-order valence-corrected chi connectivity index (χ0v) is 11.8. The molecule has 106 valence electrons. The molecule has 1 aliphatic rings. The molecule has 6 heteroatoms. The number of rotatable bonds is 4. The summed E-state index contributed by atoms with van der Waals surface area (Å²) in [7, 11) is 0. The highest BCUT2D eigenvalue weighted by Crippen LogP contribution is 2.23. The molecule has 0 amide bonds. The maximum Gasteiger partial charge on any atom is 0.140 e. The molecule has 0 bridgehead atoms. The fraction of sp³-hybridized carbons (Fsp3) is 0.429. The fourth-order valence-corrected chi connectivity index (χ4v) is 2.41. The average Bonchev–Trinajstić information content (AvgIpc) is 2.48. The molecule has 1 aromatic heterocycles. The average molecular weight is 294 g/mol. The number of fused-ring (bicyclic) bond motifs is 1. The molecule has 5 nitrogen and oxygen atoms in total. The molecule has 1 aromatic carbocycles. The summed E-state index contributed by atoms with van der Waals surface area (Å²) in [5.74, 6) is 0.788. The van der Waals surface area contributed by atoms with E-state index in [-0.39, 0.29) is 6.10 Å². The van der Waals surface area contributed by atoms with Gasteiger partial charge >= 0.3 is 0 Å². The number of hydrogen-bond acceptors (Lipinski definition) is 5. The Hall–Kier alpha value is -1.43. The predicted molar refractivity (Wildman–Crippen MR) is 77.3 cm³/mol. The summed E-state index contributed by atoms with van der Waals surface area (Å²) in [6.45, 7) is 3.22. The summed E-state index contributed by atoms with van der Waals surface area (Å²) >= 11 is 6.00. The number of hydrogen-bond donors (Lipinski definition) is 1. The van der Waals surface area contributed by atoms with Crippen LogP contribution in [0.4, 0.5) is 0 Å². The smallest absolute Gasteiger partial charge is 0.140 e. The van der Waals surface area contributed by atoms with Crippen LogP contribution in [-0.4, -0.2) is 42.4 Å². The first-order valence-corrected chi connectivity index (χ1v) is 7.06. The van der Waals surface area contributed by atoms with Gasteiger partial charge in [-0.2, -0.15) is 0 Å². The van der Waals surface area contributed by atoms with Crippen LogP contribution in [0.15, 0.2) is 24.5 Å². The van der Waals surface area contributed by atoms with Gasteiger partial charge in [0, 0.05) is 31.0 Å². The van der Waals surface area contributed by atoms with Gasteiger partial charge in [-0.15, -0.1) is 0 Å². The van der Waals surface area contributed by atoms with E-state index in [4.69, 9.17) is 21.1 Å². The summed E-state index contributed by atoms with van der Waals surface area (Å²) in [6.07, 6.45) is 2.56. The molecule has 1 aliphatic heterocycles. The maximum absolute atomic E-state index is 6.00. The van der Waals surface area contributed by atoms with Crippen LogP contribution in [0.25, 0.3) is 10.9 Å². The highest BCUT2D eigenvalue weighted by atomic mass is 35.5. The Bertz CT molecular complexity index is 588. The number of halogens is 1. The lowest BCUT2D eigenvalue weighted by Gasteiger charge is -2.23.